The van der Waals surface area contributed by atoms with Gasteiger partial charge in [-0.15, -0.1) is 11.3 Å². The van der Waals surface area contributed by atoms with Crippen LogP contribution in [0, 0.1) is 6.92 Å². The predicted molar refractivity (Wildman–Crippen MR) is 81.2 cm³/mol. The van der Waals surface area contributed by atoms with Crippen molar-refractivity contribution in [2.24, 2.45) is 0 Å². The zero-order valence-electron chi connectivity index (χ0n) is 12.1. The van der Waals surface area contributed by atoms with Crippen LogP contribution in [0.4, 0.5) is 5.82 Å². The Bertz CT molecular complexity index is 750. The van der Waals surface area contributed by atoms with Crippen LogP contribution in [-0.4, -0.2) is 39.1 Å². The van der Waals surface area contributed by atoms with Gasteiger partial charge >= 0.3 is 0 Å². The number of nitrogens with one attached hydrogen (secondary N) is 1. The van der Waals surface area contributed by atoms with Crippen molar-refractivity contribution in [1.82, 2.24) is 25.0 Å². The summed E-state index contributed by atoms with van der Waals surface area (Å²) in [5, 5.41) is 11.1. The van der Waals surface area contributed by atoms with Gasteiger partial charge in [0.2, 0.25) is 0 Å². The van der Waals surface area contributed by atoms with Crippen LogP contribution >= 0.6 is 11.3 Å². The van der Waals surface area contributed by atoms with Gasteiger partial charge in [-0.2, -0.15) is 4.98 Å². The Labute approximate surface area is 126 Å². The molecule has 3 rings (SSSR count). The molecule has 0 amide bonds. The van der Waals surface area contributed by atoms with Crippen molar-refractivity contribution in [3.63, 3.8) is 0 Å². The number of nitrogens with zero attached hydrogens (tertiary/aromatic N) is 5. The maximum absolute atomic E-state index is 5.13. The molecule has 1 N–H and O–H groups in total. The molecular weight excluding hydrogens is 288 g/mol. The summed E-state index contributed by atoms with van der Waals surface area (Å²) >= 11 is 1.64. The van der Waals surface area contributed by atoms with Crippen LogP contribution < -0.4 is 5.32 Å². The molecule has 3 heterocycles. The van der Waals surface area contributed by atoms with Gasteiger partial charge in [-0.05, 0) is 21.0 Å². The fourth-order valence-corrected chi connectivity index (χ4v) is 2.77. The number of hydrogen-bond donors (Lipinski definition) is 1. The molecule has 110 valence electrons. The zero-order valence-corrected chi connectivity index (χ0v) is 12.9. The third kappa shape index (κ3) is 3.01. The third-order valence-electron chi connectivity index (χ3n) is 2.93. The average molecular weight is 304 g/mol. The minimum absolute atomic E-state index is 0.498. The molecular formula is C13H16N6OS. The summed E-state index contributed by atoms with van der Waals surface area (Å²) in [6.45, 7) is 3.34. The summed E-state index contributed by atoms with van der Waals surface area (Å²) in [5.41, 5.74) is 2.36. The van der Waals surface area contributed by atoms with Gasteiger partial charge in [-0.1, -0.05) is 5.16 Å². The molecule has 3 aromatic heterocycles. The second-order valence-corrected chi connectivity index (χ2v) is 5.94. The van der Waals surface area contributed by atoms with Gasteiger partial charge in [-0.3, -0.25) is 0 Å². The molecule has 3 aromatic rings. The largest absolute Gasteiger partial charge is 0.363 e. The minimum atomic E-state index is 0.498. The normalized spacial score (nSPS) is 11.4. The predicted octanol–water partition coefficient (Wildman–Crippen LogP) is 2.06. The quantitative estimate of drug-likeness (QED) is 0.772. The average Bonchev–Trinajstić information content (AvgIpc) is 3.04. The van der Waals surface area contributed by atoms with Crippen LogP contribution in [0.5, 0.6) is 0 Å². The first-order chi connectivity index (χ1) is 10.1. The number of rotatable bonds is 5. The number of thiazole rings is 1. The molecule has 0 unspecified atom stereocenters. The molecule has 0 spiro atoms. The summed E-state index contributed by atoms with van der Waals surface area (Å²) in [4.78, 5) is 15.0. The Kier molecular flexibility index (Phi) is 3.80. The monoisotopic (exact) mass is 304 g/mol. The molecule has 0 saturated heterocycles. The van der Waals surface area contributed by atoms with Crippen molar-refractivity contribution in [2.75, 3.05) is 19.4 Å². The van der Waals surface area contributed by atoms with E-state index in [9.17, 15) is 0 Å². The Morgan fingerprint density at radius 2 is 2.19 bits per heavy atom. The first kappa shape index (κ1) is 13.9. The maximum Gasteiger partial charge on any atom is 0.263 e. The first-order valence-electron chi connectivity index (χ1n) is 6.52. The van der Waals surface area contributed by atoms with E-state index in [0.717, 1.165) is 34.1 Å². The van der Waals surface area contributed by atoms with Gasteiger partial charge in [0.1, 0.15) is 22.5 Å². The summed E-state index contributed by atoms with van der Waals surface area (Å²) in [7, 11) is 4.06. The smallest absolute Gasteiger partial charge is 0.263 e. The number of hydrogen-bond acceptors (Lipinski definition) is 8. The van der Waals surface area contributed by atoms with Crippen LogP contribution in [0.1, 0.15) is 16.4 Å². The molecule has 7 nitrogen and oxygen atoms in total. The highest BCUT2D eigenvalue weighted by Crippen LogP contribution is 2.23. The Balaban J connectivity index is 1.74. The van der Waals surface area contributed by atoms with E-state index in [1.807, 2.05) is 21.0 Å². The summed E-state index contributed by atoms with van der Waals surface area (Å²) in [5.74, 6) is 0.725. The standard InChI is InChI=1S/C13H16N6OS/c1-8-11-12(15-7-16-13(11)20-18-8)14-4-10-17-9(6-21-10)5-19(2)3/h6-7H,4-5H2,1-3H3,(H,14,15,16). The zero-order chi connectivity index (χ0) is 14.8. The van der Waals surface area contributed by atoms with E-state index in [0.29, 0.717) is 12.3 Å². The van der Waals surface area contributed by atoms with E-state index in [2.05, 4.69) is 35.7 Å². The van der Waals surface area contributed by atoms with E-state index in [1.165, 1.54) is 6.33 Å². The Morgan fingerprint density at radius 1 is 1.33 bits per heavy atom. The molecule has 0 aliphatic carbocycles. The Hall–Kier alpha value is -2.06. The van der Waals surface area contributed by atoms with Crippen molar-refractivity contribution < 1.29 is 4.52 Å². The molecule has 0 aromatic carbocycles. The topological polar surface area (TPSA) is 80.0 Å². The number of aromatic nitrogens is 4. The fourth-order valence-electron chi connectivity index (χ4n) is 2.04. The molecule has 0 aliphatic heterocycles. The number of fused-ring (bicyclic) bond motifs is 1. The lowest BCUT2D eigenvalue weighted by Crippen LogP contribution is -2.11. The van der Waals surface area contributed by atoms with Gasteiger partial charge in [0.05, 0.1) is 17.9 Å². The first-order valence-corrected chi connectivity index (χ1v) is 7.40. The third-order valence-corrected chi connectivity index (χ3v) is 3.83. The molecule has 21 heavy (non-hydrogen) atoms. The van der Waals surface area contributed by atoms with Gasteiger partial charge in [0.15, 0.2) is 0 Å². The summed E-state index contributed by atoms with van der Waals surface area (Å²) in [6, 6.07) is 0. The van der Waals surface area contributed by atoms with Crippen LogP contribution in [0.15, 0.2) is 16.2 Å². The molecule has 0 atom stereocenters. The highest BCUT2D eigenvalue weighted by atomic mass is 32.1. The number of aryl methyl sites for hydroxylation is 1. The van der Waals surface area contributed by atoms with Crippen molar-refractivity contribution >= 4 is 28.3 Å². The summed E-state index contributed by atoms with van der Waals surface area (Å²) in [6.07, 6.45) is 1.47. The second-order valence-electron chi connectivity index (χ2n) is 4.99. The lowest BCUT2D eigenvalue weighted by molar-refractivity contribution is 0.397. The van der Waals surface area contributed by atoms with E-state index >= 15 is 0 Å². The van der Waals surface area contributed by atoms with Crippen molar-refractivity contribution in [2.45, 2.75) is 20.0 Å². The molecule has 0 aliphatic rings. The van der Waals surface area contributed by atoms with Gasteiger partial charge in [0, 0.05) is 11.9 Å². The van der Waals surface area contributed by atoms with Crippen LogP contribution in [0.25, 0.3) is 11.1 Å². The van der Waals surface area contributed by atoms with E-state index < -0.39 is 0 Å². The second kappa shape index (κ2) is 5.74. The summed E-state index contributed by atoms with van der Waals surface area (Å²) < 4.78 is 5.13. The molecule has 0 fully saturated rings. The van der Waals surface area contributed by atoms with Crippen molar-refractivity contribution in [1.29, 1.82) is 0 Å². The van der Waals surface area contributed by atoms with Crippen LogP contribution in [-0.2, 0) is 13.1 Å². The fraction of sp³-hybridized carbons (Fsp3) is 0.385. The van der Waals surface area contributed by atoms with E-state index in [-0.39, 0.29) is 0 Å². The number of anilines is 1. The Morgan fingerprint density at radius 3 is 3.00 bits per heavy atom. The van der Waals surface area contributed by atoms with Crippen LogP contribution in [0.3, 0.4) is 0 Å². The molecule has 0 saturated carbocycles. The molecule has 0 radical (unpaired) electrons. The highest BCUT2D eigenvalue weighted by Gasteiger charge is 2.12. The van der Waals surface area contributed by atoms with Crippen molar-refractivity contribution in [3.8, 4) is 0 Å². The maximum atomic E-state index is 5.13. The molecule has 8 heteroatoms. The van der Waals surface area contributed by atoms with E-state index in [1.54, 1.807) is 11.3 Å². The lowest BCUT2D eigenvalue weighted by Gasteiger charge is -2.06. The lowest BCUT2D eigenvalue weighted by atomic mass is 10.3. The van der Waals surface area contributed by atoms with Gasteiger partial charge in [-0.25, -0.2) is 9.97 Å². The minimum Gasteiger partial charge on any atom is -0.363 e. The van der Waals surface area contributed by atoms with Crippen molar-refractivity contribution in [3.05, 3.63) is 28.1 Å². The SMILES string of the molecule is Cc1noc2ncnc(NCc3nc(CN(C)C)cs3)c12. The van der Waals surface area contributed by atoms with Crippen LogP contribution in [0.2, 0.25) is 0 Å². The van der Waals surface area contributed by atoms with E-state index in [4.69, 9.17) is 4.52 Å². The van der Waals surface area contributed by atoms with Gasteiger partial charge in [0.25, 0.3) is 5.71 Å². The van der Waals surface area contributed by atoms with Gasteiger partial charge < -0.3 is 14.7 Å². The highest BCUT2D eigenvalue weighted by molar-refractivity contribution is 7.09. The molecule has 0 bridgehead atoms.